The highest BCUT2D eigenvalue weighted by Crippen LogP contribution is 2.23. The summed E-state index contributed by atoms with van der Waals surface area (Å²) in [7, 11) is 0. The quantitative estimate of drug-likeness (QED) is 0.701. The molecular weight excluding hydrogens is 266 g/mol. The van der Waals surface area contributed by atoms with E-state index < -0.39 is 0 Å². The van der Waals surface area contributed by atoms with Crippen LogP contribution in [0.25, 0.3) is 0 Å². The maximum Gasteiger partial charge on any atom is 0.0825 e. The van der Waals surface area contributed by atoms with Crippen molar-refractivity contribution in [1.29, 1.82) is 0 Å². The third-order valence-electron chi connectivity index (χ3n) is 3.54. The standard InChI is InChI=1S/C13H27NS.C3H6N2/c1-6-8-9-11-14(10-7-2)13(4,5)12(3)15;1-2-5-3-4-1/h9,11-12,15H,6-8,10H2,1-5H3;3H,1-2H2,(H,4,5)/b11-9-;. The molecule has 1 unspecified atom stereocenters. The van der Waals surface area contributed by atoms with Gasteiger partial charge in [0.15, 0.2) is 0 Å². The Balaban J connectivity index is 0.000000595. The Hall–Kier alpha value is -0.640. The lowest BCUT2D eigenvalue weighted by atomic mass is 9.98. The first kappa shape index (κ1) is 19.4. The summed E-state index contributed by atoms with van der Waals surface area (Å²) in [5.41, 5.74) is 0.128. The molecule has 1 aliphatic heterocycles. The number of hydrogen-bond donors (Lipinski definition) is 2. The van der Waals surface area contributed by atoms with Gasteiger partial charge in [-0.2, -0.15) is 12.6 Å². The van der Waals surface area contributed by atoms with Crippen molar-refractivity contribution in [2.24, 2.45) is 4.99 Å². The van der Waals surface area contributed by atoms with Crippen molar-refractivity contribution in [1.82, 2.24) is 10.2 Å². The number of unbranched alkanes of at least 4 members (excludes halogenated alkanes) is 1. The van der Waals surface area contributed by atoms with Crippen LogP contribution in [0.3, 0.4) is 0 Å². The average molecular weight is 300 g/mol. The molecule has 0 aromatic rings. The summed E-state index contributed by atoms with van der Waals surface area (Å²) in [5, 5.41) is 3.30. The van der Waals surface area contributed by atoms with Gasteiger partial charge in [-0.1, -0.05) is 33.3 Å². The van der Waals surface area contributed by atoms with Crippen molar-refractivity contribution in [3.63, 3.8) is 0 Å². The molecule has 20 heavy (non-hydrogen) atoms. The monoisotopic (exact) mass is 299 g/mol. The number of allylic oxidation sites excluding steroid dienone is 1. The van der Waals surface area contributed by atoms with Crippen LogP contribution in [0.5, 0.6) is 0 Å². The van der Waals surface area contributed by atoms with Crippen LogP contribution in [0, 0.1) is 0 Å². The molecule has 0 saturated carbocycles. The van der Waals surface area contributed by atoms with E-state index in [4.69, 9.17) is 0 Å². The molecule has 0 fully saturated rings. The van der Waals surface area contributed by atoms with Crippen LogP contribution in [-0.2, 0) is 0 Å². The predicted octanol–water partition coefficient (Wildman–Crippen LogP) is 3.73. The molecule has 1 rings (SSSR count). The van der Waals surface area contributed by atoms with Gasteiger partial charge in [-0.15, -0.1) is 0 Å². The van der Waals surface area contributed by atoms with Gasteiger partial charge in [-0.25, -0.2) is 0 Å². The molecule has 3 nitrogen and oxygen atoms in total. The van der Waals surface area contributed by atoms with E-state index in [1.807, 2.05) is 0 Å². The molecule has 1 atom stereocenters. The number of rotatable bonds is 7. The van der Waals surface area contributed by atoms with E-state index in [2.05, 4.69) is 74.7 Å². The number of nitrogens with zero attached hydrogens (tertiary/aromatic N) is 2. The zero-order valence-corrected chi connectivity index (χ0v) is 14.8. The Labute approximate surface area is 131 Å². The van der Waals surface area contributed by atoms with Gasteiger partial charge in [0, 0.05) is 23.9 Å². The van der Waals surface area contributed by atoms with Crippen LogP contribution in [0.1, 0.15) is 53.9 Å². The van der Waals surface area contributed by atoms with E-state index in [1.54, 1.807) is 6.34 Å². The third-order valence-corrected chi connectivity index (χ3v) is 4.17. The van der Waals surface area contributed by atoms with Gasteiger partial charge in [0.25, 0.3) is 0 Å². The lowest BCUT2D eigenvalue weighted by Gasteiger charge is -2.40. The second kappa shape index (κ2) is 11.1. The Morgan fingerprint density at radius 3 is 2.45 bits per heavy atom. The summed E-state index contributed by atoms with van der Waals surface area (Å²) in [6, 6.07) is 0. The van der Waals surface area contributed by atoms with Crippen LogP contribution < -0.4 is 5.32 Å². The van der Waals surface area contributed by atoms with Gasteiger partial charge in [-0.3, -0.25) is 4.99 Å². The first-order chi connectivity index (χ1) is 9.46. The first-order valence-corrected chi connectivity index (χ1v) is 8.31. The van der Waals surface area contributed by atoms with E-state index >= 15 is 0 Å². The largest absolute Gasteiger partial charge is 0.375 e. The Morgan fingerprint density at radius 1 is 1.40 bits per heavy atom. The highest BCUT2D eigenvalue weighted by Gasteiger charge is 2.27. The van der Waals surface area contributed by atoms with Gasteiger partial charge in [0.2, 0.25) is 0 Å². The van der Waals surface area contributed by atoms with E-state index in [-0.39, 0.29) is 5.54 Å². The summed E-state index contributed by atoms with van der Waals surface area (Å²) in [6.07, 6.45) is 9.82. The minimum Gasteiger partial charge on any atom is -0.375 e. The summed E-state index contributed by atoms with van der Waals surface area (Å²) in [5.74, 6) is 0. The molecule has 0 amide bonds. The molecule has 1 heterocycles. The normalized spacial score (nSPS) is 15.7. The molecule has 0 spiro atoms. The molecular formula is C16H33N3S. The van der Waals surface area contributed by atoms with Gasteiger partial charge in [-0.05, 0) is 32.9 Å². The fourth-order valence-corrected chi connectivity index (χ4v) is 1.88. The van der Waals surface area contributed by atoms with Gasteiger partial charge in [0.1, 0.15) is 0 Å². The molecule has 1 aliphatic rings. The molecule has 0 aromatic carbocycles. The number of aliphatic imine (C=N–C) groups is 1. The van der Waals surface area contributed by atoms with Crippen molar-refractivity contribution in [2.75, 3.05) is 19.6 Å². The smallest absolute Gasteiger partial charge is 0.0825 e. The maximum atomic E-state index is 4.58. The van der Waals surface area contributed by atoms with E-state index in [9.17, 15) is 0 Å². The van der Waals surface area contributed by atoms with Crippen molar-refractivity contribution in [2.45, 2.75) is 64.7 Å². The van der Waals surface area contributed by atoms with E-state index in [0.29, 0.717) is 5.25 Å². The van der Waals surface area contributed by atoms with Crippen molar-refractivity contribution < 1.29 is 0 Å². The summed E-state index contributed by atoms with van der Waals surface area (Å²) < 4.78 is 0. The summed E-state index contributed by atoms with van der Waals surface area (Å²) >= 11 is 4.58. The highest BCUT2D eigenvalue weighted by atomic mass is 32.1. The van der Waals surface area contributed by atoms with Crippen molar-refractivity contribution in [3.05, 3.63) is 12.3 Å². The van der Waals surface area contributed by atoms with Crippen LogP contribution in [0.4, 0.5) is 0 Å². The second-order valence-corrected chi connectivity index (χ2v) is 6.46. The Bertz CT molecular complexity index is 279. The molecule has 0 saturated heterocycles. The Morgan fingerprint density at radius 2 is 2.10 bits per heavy atom. The van der Waals surface area contributed by atoms with Crippen molar-refractivity contribution >= 4 is 19.0 Å². The Kier molecular flexibility index (Phi) is 10.7. The van der Waals surface area contributed by atoms with Crippen LogP contribution in [-0.4, -0.2) is 41.7 Å². The average Bonchev–Trinajstić information content (AvgIpc) is 2.96. The topological polar surface area (TPSA) is 27.6 Å². The van der Waals surface area contributed by atoms with Gasteiger partial charge < -0.3 is 10.2 Å². The van der Waals surface area contributed by atoms with Crippen LogP contribution in [0.2, 0.25) is 0 Å². The third kappa shape index (κ3) is 7.83. The number of thiol groups is 1. The van der Waals surface area contributed by atoms with Gasteiger partial charge >= 0.3 is 0 Å². The first-order valence-electron chi connectivity index (χ1n) is 7.79. The molecule has 0 bridgehead atoms. The number of hydrogen-bond acceptors (Lipinski definition) is 4. The fourth-order valence-electron chi connectivity index (χ4n) is 1.73. The molecule has 0 aromatic heterocycles. The summed E-state index contributed by atoms with van der Waals surface area (Å²) in [4.78, 5) is 6.26. The van der Waals surface area contributed by atoms with Crippen molar-refractivity contribution in [3.8, 4) is 0 Å². The van der Waals surface area contributed by atoms with E-state index in [0.717, 1.165) is 26.1 Å². The predicted molar refractivity (Wildman–Crippen MR) is 94.9 cm³/mol. The van der Waals surface area contributed by atoms with Crippen LogP contribution >= 0.6 is 12.6 Å². The summed E-state index contributed by atoms with van der Waals surface area (Å²) in [6.45, 7) is 14.2. The molecule has 0 aliphatic carbocycles. The molecule has 1 N–H and O–H groups in total. The second-order valence-electron chi connectivity index (χ2n) is 5.69. The minimum atomic E-state index is 0.128. The zero-order chi connectivity index (χ0) is 15.4. The lowest BCUT2D eigenvalue weighted by molar-refractivity contribution is 0.185. The fraction of sp³-hybridized carbons (Fsp3) is 0.812. The highest BCUT2D eigenvalue weighted by molar-refractivity contribution is 7.81. The molecule has 0 radical (unpaired) electrons. The minimum absolute atomic E-state index is 0.128. The van der Waals surface area contributed by atoms with Gasteiger partial charge in [0.05, 0.1) is 12.9 Å². The molecule has 118 valence electrons. The SMILES string of the molecule is C1=NCCN1.CCC/C=C\N(CCC)C(C)(C)C(C)S. The molecule has 4 heteroatoms. The number of nitrogens with one attached hydrogen (secondary N) is 1. The maximum absolute atomic E-state index is 4.58. The van der Waals surface area contributed by atoms with Crippen LogP contribution in [0.15, 0.2) is 17.3 Å². The lowest BCUT2D eigenvalue weighted by Crippen LogP contribution is -2.46. The zero-order valence-electron chi connectivity index (χ0n) is 13.9. The van der Waals surface area contributed by atoms with E-state index in [1.165, 1.54) is 12.8 Å².